The van der Waals surface area contributed by atoms with Crippen molar-refractivity contribution >= 4 is 11.8 Å². The van der Waals surface area contributed by atoms with Gasteiger partial charge in [0, 0.05) is 30.8 Å². The molecule has 21 heavy (non-hydrogen) atoms. The number of pyridine rings is 1. The average Bonchev–Trinajstić information content (AvgIpc) is 3.34. The Kier molecular flexibility index (Phi) is 5.29. The summed E-state index contributed by atoms with van der Waals surface area (Å²) < 4.78 is 0. The molecule has 6 nitrogen and oxygen atoms in total. The first-order valence-electron chi connectivity index (χ1n) is 6.91. The molecule has 1 aliphatic carbocycles. The number of nitrogens with one attached hydrogen (secondary N) is 2. The fraction of sp³-hybridized carbons (Fsp3) is 0.400. The van der Waals surface area contributed by atoms with Gasteiger partial charge in [-0.15, -0.1) is 0 Å². The minimum absolute atomic E-state index is 0.0743. The number of carbonyl (C=O) groups excluding carboxylic acids is 2. The molecule has 0 aliphatic heterocycles. The standard InChI is InChI=1S/C15H18N4O2/c16-7-1-2-11-3-6-13(19-10-11)15(21)18-9-8-17-14(20)12-4-5-12/h3,6,10,12H,4-5,7-9,16H2,(H,17,20)(H,18,21). The predicted octanol–water partition coefficient (Wildman–Crippen LogP) is -0.352. The van der Waals surface area contributed by atoms with Crippen LogP contribution < -0.4 is 16.4 Å². The van der Waals surface area contributed by atoms with Crippen molar-refractivity contribution in [2.45, 2.75) is 12.8 Å². The fourth-order valence-electron chi connectivity index (χ4n) is 1.70. The van der Waals surface area contributed by atoms with Crippen LogP contribution in [0.25, 0.3) is 0 Å². The summed E-state index contributed by atoms with van der Waals surface area (Å²) in [5.41, 5.74) is 6.32. The lowest BCUT2D eigenvalue weighted by molar-refractivity contribution is -0.122. The van der Waals surface area contributed by atoms with Gasteiger partial charge in [0.15, 0.2) is 0 Å². The molecule has 2 rings (SSSR count). The summed E-state index contributed by atoms with van der Waals surface area (Å²) in [6.45, 7) is 1.10. The number of rotatable bonds is 5. The number of carbonyl (C=O) groups is 2. The van der Waals surface area contributed by atoms with E-state index in [1.54, 1.807) is 12.1 Å². The summed E-state index contributed by atoms with van der Waals surface area (Å²) in [7, 11) is 0. The zero-order chi connectivity index (χ0) is 15.1. The zero-order valence-corrected chi connectivity index (χ0v) is 11.7. The predicted molar refractivity (Wildman–Crippen MR) is 78.2 cm³/mol. The van der Waals surface area contributed by atoms with Crippen molar-refractivity contribution in [2.24, 2.45) is 11.7 Å². The summed E-state index contributed by atoms with van der Waals surface area (Å²) in [5, 5.41) is 5.48. The molecule has 1 heterocycles. The summed E-state index contributed by atoms with van der Waals surface area (Å²) in [6, 6.07) is 3.33. The lowest BCUT2D eigenvalue weighted by Crippen LogP contribution is -2.35. The third-order valence-corrected chi connectivity index (χ3v) is 2.99. The topological polar surface area (TPSA) is 97.1 Å². The highest BCUT2D eigenvalue weighted by atomic mass is 16.2. The van der Waals surface area contributed by atoms with E-state index < -0.39 is 0 Å². The molecule has 1 fully saturated rings. The van der Waals surface area contributed by atoms with Crippen molar-refractivity contribution in [1.82, 2.24) is 15.6 Å². The minimum Gasteiger partial charge on any atom is -0.354 e. The van der Waals surface area contributed by atoms with E-state index in [0.717, 1.165) is 12.8 Å². The molecule has 2 amide bonds. The highest BCUT2D eigenvalue weighted by molar-refractivity contribution is 5.92. The van der Waals surface area contributed by atoms with Crippen LogP contribution in [-0.2, 0) is 4.79 Å². The molecular formula is C15H18N4O2. The molecule has 1 aliphatic rings. The minimum atomic E-state index is -0.269. The number of hydrogen-bond acceptors (Lipinski definition) is 4. The molecule has 6 heteroatoms. The van der Waals surface area contributed by atoms with Gasteiger partial charge in [-0.25, -0.2) is 4.98 Å². The zero-order valence-electron chi connectivity index (χ0n) is 11.7. The normalized spacial score (nSPS) is 13.0. The molecule has 1 aromatic heterocycles. The van der Waals surface area contributed by atoms with Crippen molar-refractivity contribution in [3.63, 3.8) is 0 Å². The van der Waals surface area contributed by atoms with E-state index in [-0.39, 0.29) is 24.3 Å². The third kappa shape index (κ3) is 4.89. The maximum absolute atomic E-state index is 11.8. The molecule has 0 unspecified atom stereocenters. The molecule has 0 saturated heterocycles. The van der Waals surface area contributed by atoms with Gasteiger partial charge in [0.1, 0.15) is 5.69 Å². The Labute approximate surface area is 123 Å². The van der Waals surface area contributed by atoms with Crippen LogP contribution in [0.5, 0.6) is 0 Å². The average molecular weight is 286 g/mol. The molecule has 4 N–H and O–H groups in total. The van der Waals surface area contributed by atoms with Gasteiger partial charge in [0.05, 0.1) is 6.54 Å². The summed E-state index contributed by atoms with van der Waals surface area (Å²) in [6.07, 6.45) is 3.48. The Hall–Kier alpha value is -2.39. The van der Waals surface area contributed by atoms with E-state index in [1.165, 1.54) is 6.20 Å². The van der Waals surface area contributed by atoms with Crippen LogP contribution in [0.3, 0.4) is 0 Å². The highest BCUT2D eigenvalue weighted by Gasteiger charge is 2.28. The van der Waals surface area contributed by atoms with Crippen LogP contribution in [0.1, 0.15) is 28.9 Å². The Morgan fingerprint density at radius 2 is 2.05 bits per heavy atom. The van der Waals surface area contributed by atoms with Gasteiger partial charge in [-0.1, -0.05) is 11.8 Å². The fourth-order valence-corrected chi connectivity index (χ4v) is 1.70. The van der Waals surface area contributed by atoms with Gasteiger partial charge in [-0.2, -0.15) is 0 Å². The van der Waals surface area contributed by atoms with Crippen molar-refractivity contribution < 1.29 is 9.59 Å². The first-order chi connectivity index (χ1) is 10.2. The Morgan fingerprint density at radius 3 is 2.67 bits per heavy atom. The highest BCUT2D eigenvalue weighted by Crippen LogP contribution is 2.28. The van der Waals surface area contributed by atoms with E-state index in [0.29, 0.717) is 24.3 Å². The van der Waals surface area contributed by atoms with Gasteiger partial charge in [-0.05, 0) is 25.0 Å². The van der Waals surface area contributed by atoms with Gasteiger partial charge >= 0.3 is 0 Å². The lowest BCUT2D eigenvalue weighted by Gasteiger charge is -2.06. The molecule has 0 atom stereocenters. The van der Waals surface area contributed by atoms with E-state index in [9.17, 15) is 9.59 Å². The number of hydrogen-bond donors (Lipinski definition) is 3. The van der Waals surface area contributed by atoms with Crippen LogP contribution >= 0.6 is 0 Å². The number of nitrogens with zero attached hydrogens (tertiary/aromatic N) is 1. The van der Waals surface area contributed by atoms with Crippen molar-refractivity contribution in [1.29, 1.82) is 0 Å². The maximum Gasteiger partial charge on any atom is 0.269 e. The summed E-state index contributed by atoms with van der Waals surface area (Å²) in [4.78, 5) is 27.2. The van der Waals surface area contributed by atoms with E-state index in [1.807, 2.05) is 0 Å². The summed E-state index contributed by atoms with van der Waals surface area (Å²) >= 11 is 0. The second kappa shape index (κ2) is 7.41. The monoisotopic (exact) mass is 286 g/mol. The molecule has 110 valence electrons. The third-order valence-electron chi connectivity index (χ3n) is 2.99. The van der Waals surface area contributed by atoms with Crippen molar-refractivity contribution in [3.8, 4) is 11.8 Å². The van der Waals surface area contributed by atoms with Crippen LogP contribution in [0.15, 0.2) is 18.3 Å². The molecular weight excluding hydrogens is 268 g/mol. The Balaban J connectivity index is 1.73. The van der Waals surface area contributed by atoms with Crippen molar-refractivity contribution in [2.75, 3.05) is 19.6 Å². The van der Waals surface area contributed by atoms with E-state index >= 15 is 0 Å². The number of amides is 2. The molecule has 0 radical (unpaired) electrons. The summed E-state index contributed by atoms with van der Waals surface area (Å²) in [5.74, 6) is 5.54. The largest absolute Gasteiger partial charge is 0.354 e. The smallest absolute Gasteiger partial charge is 0.269 e. The second-order valence-corrected chi connectivity index (χ2v) is 4.76. The Bertz CT molecular complexity index is 568. The van der Waals surface area contributed by atoms with E-state index in [4.69, 9.17) is 5.73 Å². The molecule has 0 bridgehead atoms. The van der Waals surface area contributed by atoms with Gasteiger partial charge < -0.3 is 16.4 Å². The van der Waals surface area contributed by atoms with Crippen molar-refractivity contribution in [3.05, 3.63) is 29.6 Å². The number of aromatic nitrogens is 1. The van der Waals surface area contributed by atoms with Gasteiger partial charge in [0.2, 0.25) is 5.91 Å². The Morgan fingerprint density at radius 1 is 1.29 bits per heavy atom. The van der Waals surface area contributed by atoms with Gasteiger partial charge in [0.25, 0.3) is 5.91 Å². The van der Waals surface area contributed by atoms with E-state index in [2.05, 4.69) is 27.5 Å². The molecule has 1 saturated carbocycles. The SMILES string of the molecule is NCC#Cc1ccc(C(=O)NCCNC(=O)C2CC2)nc1. The van der Waals surface area contributed by atoms with Crippen LogP contribution in [0.4, 0.5) is 0 Å². The van der Waals surface area contributed by atoms with Crippen LogP contribution in [-0.4, -0.2) is 36.4 Å². The first kappa shape index (κ1) is 15.0. The van der Waals surface area contributed by atoms with Crippen LogP contribution in [0, 0.1) is 17.8 Å². The second-order valence-electron chi connectivity index (χ2n) is 4.76. The first-order valence-corrected chi connectivity index (χ1v) is 6.91. The maximum atomic E-state index is 11.8. The number of nitrogens with two attached hydrogens (primary N) is 1. The van der Waals surface area contributed by atoms with Gasteiger partial charge in [-0.3, -0.25) is 9.59 Å². The lowest BCUT2D eigenvalue weighted by atomic mass is 10.2. The van der Waals surface area contributed by atoms with Crippen LogP contribution in [0.2, 0.25) is 0 Å². The quantitative estimate of drug-likeness (QED) is 0.509. The molecule has 1 aromatic rings. The molecule has 0 spiro atoms. The molecule has 0 aromatic carbocycles.